The summed E-state index contributed by atoms with van der Waals surface area (Å²) in [5.74, 6) is 0.697. The first-order chi connectivity index (χ1) is 9.04. The lowest BCUT2D eigenvalue weighted by atomic mass is 10.0. The number of hydrogen-bond acceptors (Lipinski definition) is 3. The van der Waals surface area contributed by atoms with E-state index in [9.17, 15) is 4.79 Å². The molecule has 1 aliphatic carbocycles. The molecule has 0 spiro atoms. The molecular formula is C15H20N2O2. The van der Waals surface area contributed by atoms with E-state index in [4.69, 9.17) is 15.9 Å². The summed E-state index contributed by atoms with van der Waals surface area (Å²) in [5, 5.41) is 7.76. The zero-order valence-corrected chi connectivity index (χ0v) is 11.4. The molecule has 1 aromatic carbocycles. The van der Waals surface area contributed by atoms with Gasteiger partial charge in [-0.25, -0.2) is 0 Å². The molecule has 4 nitrogen and oxygen atoms in total. The van der Waals surface area contributed by atoms with E-state index >= 15 is 0 Å². The summed E-state index contributed by atoms with van der Waals surface area (Å²) < 4.78 is 5.70. The highest BCUT2D eigenvalue weighted by Gasteiger charge is 2.42. The Labute approximate surface area is 113 Å². The van der Waals surface area contributed by atoms with Gasteiger partial charge >= 0.3 is 0 Å². The number of hydrogen-bond donors (Lipinski definition) is 2. The van der Waals surface area contributed by atoms with Gasteiger partial charge in [0.05, 0.1) is 6.61 Å². The standard InChI is InChI=1S/C15H20N2O2/c1-3-6-19-14-7-10(4-5-11(14)9(2)16)12-8-13(12)15(17)18/h4-5,7,12-13,16H,3,6,8H2,1-2H3,(H2,17,18). The summed E-state index contributed by atoms with van der Waals surface area (Å²) in [6.07, 6.45) is 1.75. The molecule has 1 amide bonds. The van der Waals surface area contributed by atoms with Crippen LogP contribution in [0, 0.1) is 11.3 Å². The van der Waals surface area contributed by atoms with Crippen LogP contribution in [0.1, 0.15) is 43.7 Å². The molecule has 1 saturated carbocycles. The molecule has 3 N–H and O–H groups in total. The van der Waals surface area contributed by atoms with Crippen molar-refractivity contribution in [3.05, 3.63) is 29.3 Å². The Balaban J connectivity index is 2.23. The zero-order valence-electron chi connectivity index (χ0n) is 11.4. The highest BCUT2D eigenvalue weighted by molar-refractivity contribution is 5.99. The monoisotopic (exact) mass is 260 g/mol. The highest BCUT2D eigenvalue weighted by atomic mass is 16.5. The van der Waals surface area contributed by atoms with E-state index < -0.39 is 0 Å². The minimum Gasteiger partial charge on any atom is -0.493 e. The van der Waals surface area contributed by atoms with Crippen LogP contribution in [0.2, 0.25) is 0 Å². The normalized spacial score (nSPS) is 20.9. The van der Waals surface area contributed by atoms with Crippen molar-refractivity contribution in [2.24, 2.45) is 11.7 Å². The average Bonchev–Trinajstić information content (AvgIpc) is 3.16. The van der Waals surface area contributed by atoms with Crippen molar-refractivity contribution >= 4 is 11.6 Å². The molecule has 0 bridgehead atoms. The third kappa shape index (κ3) is 2.95. The molecule has 0 aliphatic heterocycles. The second kappa shape index (κ2) is 5.43. The quantitative estimate of drug-likeness (QED) is 0.771. The number of primary amides is 1. The van der Waals surface area contributed by atoms with Crippen molar-refractivity contribution in [2.45, 2.75) is 32.6 Å². The summed E-state index contributed by atoms with van der Waals surface area (Å²) in [6.45, 7) is 4.43. The maximum Gasteiger partial charge on any atom is 0.221 e. The first-order valence-electron chi connectivity index (χ1n) is 6.66. The van der Waals surface area contributed by atoms with Gasteiger partial charge in [0, 0.05) is 17.2 Å². The van der Waals surface area contributed by atoms with Gasteiger partial charge in [-0.05, 0) is 43.4 Å². The summed E-state index contributed by atoms with van der Waals surface area (Å²) in [5.41, 5.74) is 7.70. The topological polar surface area (TPSA) is 76.2 Å². The molecular weight excluding hydrogens is 240 g/mol. The molecule has 0 saturated heterocycles. The Morgan fingerprint density at radius 3 is 2.79 bits per heavy atom. The Morgan fingerprint density at radius 1 is 1.53 bits per heavy atom. The van der Waals surface area contributed by atoms with Gasteiger partial charge in [0.1, 0.15) is 5.75 Å². The van der Waals surface area contributed by atoms with Crippen molar-refractivity contribution in [3.8, 4) is 5.75 Å². The number of ether oxygens (including phenoxy) is 1. The number of amides is 1. The fourth-order valence-electron chi connectivity index (χ4n) is 2.29. The zero-order chi connectivity index (χ0) is 14.0. The van der Waals surface area contributed by atoms with Gasteiger partial charge in [0.15, 0.2) is 0 Å². The van der Waals surface area contributed by atoms with Gasteiger partial charge in [-0.1, -0.05) is 13.0 Å². The van der Waals surface area contributed by atoms with E-state index in [1.54, 1.807) is 6.92 Å². The van der Waals surface area contributed by atoms with Crippen molar-refractivity contribution in [3.63, 3.8) is 0 Å². The number of rotatable bonds is 6. The van der Waals surface area contributed by atoms with Gasteiger partial charge < -0.3 is 15.9 Å². The number of benzene rings is 1. The lowest BCUT2D eigenvalue weighted by Crippen LogP contribution is -2.13. The minimum absolute atomic E-state index is 0.0362. The molecule has 1 aliphatic rings. The summed E-state index contributed by atoms with van der Waals surface area (Å²) in [4.78, 5) is 11.1. The largest absolute Gasteiger partial charge is 0.493 e. The second-order valence-corrected chi connectivity index (χ2v) is 5.08. The minimum atomic E-state index is -0.228. The van der Waals surface area contributed by atoms with Crippen LogP contribution in [-0.4, -0.2) is 18.2 Å². The molecule has 0 radical (unpaired) electrons. The maximum absolute atomic E-state index is 11.1. The van der Waals surface area contributed by atoms with Crippen LogP contribution in [0.25, 0.3) is 0 Å². The van der Waals surface area contributed by atoms with E-state index in [1.807, 2.05) is 25.1 Å². The van der Waals surface area contributed by atoms with Crippen molar-refractivity contribution in [2.75, 3.05) is 6.61 Å². The molecule has 0 heterocycles. The van der Waals surface area contributed by atoms with Gasteiger partial charge in [-0.15, -0.1) is 0 Å². The summed E-state index contributed by atoms with van der Waals surface area (Å²) in [7, 11) is 0. The molecule has 102 valence electrons. The van der Waals surface area contributed by atoms with Crippen molar-refractivity contribution in [1.82, 2.24) is 0 Å². The third-order valence-electron chi connectivity index (χ3n) is 3.46. The summed E-state index contributed by atoms with van der Waals surface area (Å²) in [6, 6.07) is 5.83. The van der Waals surface area contributed by atoms with E-state index in [-0.39, 0.29) is 17.7 Å². The number of nitrogens with one attached hydrogen (secondary N) is 1. The molecule has 1 fully saturated rings. The van der Waals surface area contributed by atoms with Crippen molar-refractivity contribution < 1.29 is 9.53 Å². The van der Waals surface area contributed by atoms with Crippen LogP contribution in [-0.2, 0) is 4.79 Å². The van der Waals surface area contributed by atoms with E-state index in [2.05, 4.69) is 0 Å². The van der Waals surface area contributed by atoms with Crippen LogP contribution < -0.4 is 10.5 Å². The Kier molecular flexibility index (Phi) is 3.88. The average molecular weight is 260 g/mol. The number of carbonyl (C=O) groups excluding carboxylic acids is 1. The third-order valence-corrected chi connectivity index (χ3v) is 3.46. The first-order valence-corrected chi connectivity index (χ1v) is 6.66. The second-order valence-electron chi connectivity index (χ2n) is 5.08. The van der Waals surface area contributed by atoms with Gasteiger partial charge in [-0.2, -0.15) is 0 Å². The Bertz CT molecular complexity index is 511. The van der Waals surface area contributed by atoms with E-state index in [0.717, 1.165) is 29.7 Å². The fourth-order valence-corrected chi connectivity index (χ4v) is 2.29. The lowest BCUT2D eigenvalue weighted by molar-refractivity contribution is -0.119. The first kappa shape index (κ1) is 13.6. The van der Waals surface area contributed by atoms with Crippen LogP contribution in [0.5, 0.6) is 5.75 Å². The predicted molar refractivity (Wildman–Crippen MR) is 74.8 cm³/mol. The molecule has 19 heavy (non-hydrogen) atoms. The lowest BCUT2D eigenvalue weighted by Gasteiger charge is -2.12. The van der Waals surface area contributed by atoms with Crippen LogP contribution >= 0.6 is 0 Å². The van der Waals surface area contributed by atoms with Crippen LogP contribution in [0.4, 0.5) is 0 Å². The fraction of sp³-hybridized carbons (Fsp3) is 0.467. The summed E-state index contributed by atoms with van der Waals surface area (Å²) >= 11 is 0. The number of nitrogens with two attached hydrogens (primary N) is 1. The molecule has 2 unspecified atom stereocenters. The predicted octanol–water partition coefficient (Wildman–Crippen LogP) is 2.45. The van der Waals surface area contributed by atoms with Crippen molar-refractivity contribution in [1.29, 1.82) is 5.41 Å². The van der Waals surface area contributed by atoms with E-state index in [0.29, 0.717) is 12.3 Å². The Morgan fingerprint density at radius 2 is 2.26 bits per heavy atom. The maximum atomic E-state index is 11.1. The molecule has 0 aromatic heterocycles. The van der Waals surface area contributed by atoms with Gasteiger partial charge in [0.2, 0.25) is 5.91 Å². The number of carbonyl (C=O) groups is 1. The van der Waals surface area contributed by atoms with Crippen LogP contribution in [0.15, 0.2) is 18.2 Å². The molecule has 2 rings (SSSR count). The highest BCUT2D eigenvalue weighted by Crippen LogP contribution is 2.48. The molecule has 1 aromatic rings. The smallest absolute Gasteiger partial charge is 0.221 e. The van der Waals surface area contributed by atoms with E-state index in [1.165, 1.54) is 0 Å². The SMILES string of the molecule is CCCOc1cc(C2CC2C(N)=O)ccc1C(C)=N. The molecule has 4 heteroatoms. The van der Waals surface area contributed by atoms with Crippen LogP contribution in [0.3, 0.4) is 0 Å². The molecule has 2 atom stereocenters. The van der Waals surface area contributed by atoms with Gasteiger partial charge in [-0.3, -0.25) is 4.79 Å². The Hall–Kier alpha value is -1.84. The van der Waals surface area contributed by atoms with Gasteiger partial charge in [0.25, 0.3) is 0 Å².